The summed E-state index contributed by atoms with van der Waals surface area (Å²) in [5.41, 5.74) is 0. The van der Waals surface area contributed by atoms with Crippen molar-refractivity contribution in [3.05, 3.63) is 36.2 Å². The van der Waals surface area contributed by atoms with Gasteiger partial charge >= 0.3 is 0 Å². The van der Waals surface area contributed by atoms with E-state index in [1.807, 2.05) is 0 Å². The molecule has 0 aliphatic rings. The smallest absolute Gasteiger partial charge is 0.258 e. The Morgan fingerprint density at radius 3 is 2.76 bits per heavy atom. The fraction of sp³-hybridized carbons (Fsp3) is 0.300. The highest BCUT2D eigenvalue weighted by Crippen LogP contribution is 2.17. The molecule has 2 rings (SSSR count). The van der Waals surface area contributed by atoms with Crippen LogP contribution in [0.4, 0.5) is 0 Å². The van der Waals surface area contributed by atoms with Gasteiger partial charge in [-0.3, -0.25) is 0 Å². The SMILES string of the molecule is Cc1ccc(C(C)NS(=O)(=O)c2cnc[nH]2)o1. The van der Waals surface area contributed by atoms with Gasteiger partial charge < -0.3 is 9.40 Å². The molecule has 2 aromatic rings. The zero-order valence-corrected chi connectivity index (χ0v) is 10.3. The highest BCUT2D eigenvalue weighted by molar-refractivity contribution is 7.89. The average molecular weight is 255 g/mol. The summed E-state index contributed by atoms with van der Waals surface area (Å²) in [6.07, 6.45) is 2.57. The van der Waals surface area contributed by atoms with E-state index >= 15 is 0 Å². The first-order valence-corrected chi connectivity index (χ1v) is 6.54. The van der Waals surface area contributed by atoms with Crippen LogP contribution in [0.1, 0.15) is 24.5 Å². The van der Waals surface area contributed by atoms with Crippen LogP contribution in [0.2, 0.25) is 0 Å². The number of H-pyrrole nitrogens is 1. The predicted molar refractivity (Wildman–Crippen MR) is 60.8 cm³/mol. The Labute approximate surface area is 99.1 Å². The summed E-state index contributed by atoms with van der Waals surface area (Å²) in [5.74, 6) is 1.32. The van der Waals surface area contributed by atoms with E-state index in [-0.39, 0.29) is 5.03 Å². The molecule has 0 radical (unpaired) electrons. The van der Waals surface area contributed by atoms with Crippen LogP contribution >= 0.6 is 0 Å². The zero-order chi connectivity index (χ0) is 12.5. The van der Waals surface area contributed by atoms with Crippen LogP contribution in [-0.2, 0) is 10.0 Å². The molecule has 1 unspecified atom stereocenters. The molecule has 0 aliphatic carbocycles. The average Bonchev–Trinajstić information content (AvgIpc) is 2.86. The van der Waals surface area contributed by atoms with Crippen molar-refractivity contribution < 1.29 is 12.8 Å². The minimum absolute atomic E-state index is 0.0348. The number of imidazole rings is 1. The van der Waals surface area contributed by atoms with Gasteiger partial charge in [-0.25, -0.2) is 13.4 Å². The summed E-state index contributed by atoms with van der Waals surface area (Å²) >= 11 is 0. The zero-order valence-electron chi connectivity index (χ0n) is 9.47. The van der Waals surface area contributed by atoms with Crippen molar-refractivity contribution in [3.8, 4) is 0 Å². The third-order valence-electron chi connectivity index (χ3n) is 2.28. The number of nitrogens with one attached hydrogen (secondary N) is 2. The molecule has 0 bridgehead atoms. The molecule has 7 heteroatoms. The maximum atomic E-state index is 11.9. The van der Waals surface area contributed by atoms with E-state index in [1.54, 1.807) is 26.0 Å². The highest BCUT2D eigenvalue weighted by Gasteiger charge is 2.21. The number of sulfonamides is 1. The molecule has 0 aliphatic heterocycles. The minimum Gasteiger partial charge on any atom is -0.465 e. The summed E-state index contributed by atoms with van der Waals surface area (Å²) in [6.45, 7) is 3.52. The van der Waals surface area contributed by atoms with Crippen molar-refractivity contribution in [1.29, 1.82) is 0 Å². The number of aryl methyl sites for hydroxylation is 1. The lowest BCUT2D eigenvalue weighted by Crippen LogP contribution is -2.26. The fourth-order valence-electron chi connectivity index (χ4n) is 1.43. The van der Waals surface area contributed by atoms with Gasteiger partial charge in [-0.2, -0.15) is 4.72 Å². The Balaban J connectivity index is 2.17. The van der Waals surface area contributed by atoms with Gasteiger partial charge in [0.05, 0.1) is 18.6 Å². The van der Waals surface area contributed by atoms with Crippen molar-refractivity contribution in [2.75, 3.05) is 0 Å². The number of aromatic amines is 1. The van der Waals surface area contributed by atoms with Crippen molar-refractivity contribution >= 4 is 10.0 Å². The lowest BCUT2D eigenvalue weighted by atomic mass is 10.3. The summed E-state index contributed by atoms with van der Waals surface area (Å²) < 4.78 is 31.6. The molecule has 1 atom stereocenters. The van der Waals surface area contributed by atoms with Crippen LogP contribution in [-0.4, -0.2) is 18.4 Å². The van der Waals surface area contributed by atoms with E-state index in [4.69, 9.17) is 4.42 Å². The van der Waals surface area contributed by atoms with E-state index in [0.29, 0.717) is 5.76 Å². The maximum absolute atomic E-state index is 11.9. The van der Waals surface area contributed by atoms with Gasteiger partial charge in [0.2, 0.25) is 0 Å². The predicted octanol–water partition coefficient (Wildman–Crippen LogP) is 1.35. The van der Waals surface area contributed by atoms with Gasteiger partial charge in [-0.15, -0.1) is 0 Å². The molecule has 0 saturated heterocycles. The summed E-state index contributed by atoms with van der Waals surface area (Å²) in [7, 11) is -3.58. The Morgan fingerprint density at radius 2 is 2.24 bits per heavy atom. The molecule has 0 fully saturated rings. The first-order valence-electron chi connectivity index (χ1n) is 5.06. The number of rotatable bonds is 4. The molecule has 2 aromatic heterocycles. The van der Waals surface area contributed by atoms with E-state index in [1.165, 1.54) is 12.5 Å². The van der Waals surface area contributed by atoms with E-state index in [2.05, 4.69) is 14.7 Å². The molecule has 0 aromatic carbocycles. The van der Waals surface area contributed by atoms with Crippen LogP contribution in [0.25, 0.3) is 0 Å². The van der Waals surface area contributed by atoms with E-state index in [9.17, 15) is 8.42 Å². The Bertz CT molecular complexity index is 586. The van der Waals surface area contributed by atoms with Gasteiger partial charge in [0.15, 0.2) is 5.03 Å². The second kappa shape index (κ2) is 4.34. The number of aromatic nitrogens is 2. The Kier molecular flexibility index (Phi) is 3.03. The van der Waals surface area contributed by atoms with Crippen molar-refractivity contribution in [1.82, 2.24) is 14.7 Å². The quantitative estimate of drug-likeness (QED) is 0.863. The number of hydrogen-bond acceptors (Lipinski definition) is 4. The lowest BCUT2D eigenvalue weighted by Gasteiger charge is -2.10. The van der Waals surface area contributed by atoms with Crippen LogP contribution in [0.3, 0.4) is 0 Å². The third-order valence-corrected chi connectivity index (χ3v) is 3.75. The molecule has 0 spiro atoms. The maximum Gasteiger partial charge on any atom is 0.258 e. The number of hydrogen-bond donors (Lipinski definition) is 2. The lowest BCUT2D eigenvalue weighted by molar-refractivity contribution is 0.441. The molecule has 17 heavy (non-hydrogen) atoms. The molecule has 0 amide bonds. The van der Waals surface area contributed by atoms with Crippen LogP contribution < -0.4 is 4.72 Å². The van der Waals surface area contributed by atoms with E-state index < -0.39 is 16.1 Å². The first kappa shape index (κ1) is 11.9. The molecule has 6 nitrogen and oxygen atoms in total. The van der Waals surface area contributed by atoms with Crippen molar-refractivity contribution in [2.45, 2.75) is 24.9 Å². The van der Waals surface area contributed by atoms with Crippen LogP contribution in [0.15, 0.2) is 34.1 Å². The Morgan fingerprint density at radius 1 is 1.47 bits per heavy atom. The summed E-state index contributed by atoms with van der Waals surface area (Å²) in [6, 6.07) is 3.10. The van der Waals surface area contributed by atoms with E-state index in [0.717, 1.165) is 5.76 Å². The third kappa shape index (κ3) is 2.56. The van der Waals surface area contributed by atoms with Gasteiger partial charge in [0, 0.05) is 0 Å². The molecule has 92 valence electrons. The van der Waals surface area contributed by atoms with Gasteiger partial charge in [0.1, 0.15) is 11.5 Å². The summed E-state index contributed by atoms with van der Waals surface area (Å²) in [5, 5.41) is 0.0348. The van der Waals surface area contributed by atoms with Crippen molar-refractivity contribution in [2.24, 2.45) is 0 Å². The fourth-order valence-corrected chi connectivity index (χ4v) is 2.55. The molecular formula is C10H13N3O3S. The summed E-state index contributed by atoms with van der Waals surface area (Å²) in [4.78, 5) is 6.22. The second-order valence-electron chi connectivity index (χ2n) is 3.71. The van der Waals surface area contributed by atoms with Gasteiger partial charge in [-0.1, -0.05) is 0 Å². The molecule has 0 saturated carbocycles. The second-order valence-corrected chi connectivity index (χ2v) is 5.39. The molecule has 2 N–H and O–H groups in total. The topological polar surface area (TPSA) is 88.0 Å². The highest BCUT2D eigenvalue weighted by atomic mass is 32.2. The first-order chi connectivity index (χ1) is 7.99. The van der Waals surface area contributed by atoms with Gasteiger partial charge in [-0.05, 0) is 26.0 Å². The molecular weight excluding hydrogens is 242 g/mol. The normalized spacial score (nSPS) is 13.8. The standard InChI is InChI=1S/C10H13N3O3S/c1-7-3-4-9(16-7)8(2)13-17(14,15)10-5-11-6-12-10/h3-6,8,13H,1-2H3,(H,11,12). The Hall–Kier alpha value is -1.60. The largest absolute Gasteiger partial charge is 0.465 e. The van der Waals surface area contributed by atoms with Crippen LogP contribution in [0, 0.1) is 6.92 Å². The van der Waals surface area contributed by atoms with Crippen molar-refractivity contribution in [3.63, 3.8) is 0 Å². The number of nitrogens with zero attached hydrogens (tertiary/aromatic N) is 1. The van der Waals surface area contributed by atoms with Gasteiger partial charge in [0.25, 0.3) is 10.0 Å². The van der Waals surface area contributed by atoms with Crippen LogP contribution in [0.5, 0.6) is 0 Å². The molecule has 2 heterocycles. The minimum atomic E-state index is -3.58. The monoisotopic (exact) mass is 255 g/mol. The number of furan rings is 1.